The lowest BCUT2D eigenvalue weighted by Crippen LogP contribution is -2.36. The molecule has 2 rings (SSSR count). The molecule has 26 heavy (non-hydrogen) atoms. The van der Waals surface area contributed by atoms with Crippen LogP contribution in [0.5, 0.6) is 11.5 Å². The van der Waals surface area contributed by atoms with Gasteiger partial charge in [0.15, 0.2) is 18.1 Å². The lowest BCUT2D eigenvalue weighted by Gasteiger charge is -2.11. The summed E-state index contributed by atoms with van der Waals surface area (Å²) in [6.07, 6.45) is 0. The van der Waals surface area contributed by atoms with Gasteiger partial charge in [0, 0.05) is 23.1 Å². The first-order valence-electron chi connectivity index (χ1n) is 8.25. The second-order valence-corrected chi connectivity index (χ2v) is 6.20. The first-order valence-corrected chi connectivity index (χ1v) is 9.04. The number of amides is 2. The van der Waals surface area contributed by atoms with E-state index in [0.717, 1.165) is 4.47 Å². The minimum Gasteiger partial charge on any atom is -0.490 e. The fraction of sp³-hybridized carbons (Fsp3) is 0.263. The number of rotatable bonds is 9. The highest BCUT2D eigenvalue weighted by atomic mass is 79.9. The predicted molar refractivity (Wildman–Crippen MR) is 103 cm³/mol. The molecule has 2 aromatic rings. The van der Waals surface area contributed by atoms with E-state index in [9.17, 15) is 9.59 Å². The van der Waals surface area contributed by atoms with Gasteiger partial charge in [0.05, 0.1) is 6.61 Å². The summed E-state index contributed by atoms with van der Waals surface area (Å²) < 4.78 is 11.8. The van der Waals surface area contributed by atoms with E-state index in [1.54, 1.807) is 36.4 Å². The molecule has 0 saturated carbocycles. The van der Waals surface area contributed by atoms with Gasteiger partial charge in [0.2, 0.25) is 0 Å². The smallest absolute Gasteiger partial charge is 0.258 e. The van der Waals surface area contributed by atoms with E-state index in [1.807, 2.05) is 19.1 Å². The van der Waals surface area contributed by atoms with E-state index >= 15 is 0 Å². The summed E-state index contributed by atoms with van der Waals surface area (Å²) in [4.78, 5) is 23.8. The van der Waals surface area contributed by atoms with E-state index in [1.165, 1.54) is 0 Å². The molecule has 0 aliphatic rings. The maximum absolute atomic E-state index is 11.9. The van der Waals surface area contributed by atoms with E-state index in [-0.39, 0.29) is 18.4 Å². The zero-order valence-electron chi connectivity index (χ0n) is 14.5. The maximum atomic E-state index is 11.9. The number of halogens is 1. The Morgan fingerprint density at radius 3 is 2.19 bits per heavy atom. The number of para-hydroxylation sites is 2. The van der Waals surface area contributed by atoms with Crippen LogP contribution in [0, 0.1) is 0 Å². The Labute approximate surface area is 161 Å². The number of ether oxygens (including phenoxy) is 2. The van der Waals surface area contributed by atoms with Crippen molar-refractivity contribution in [3.05, 3.63) is 58.6 Å². The molecule has 0 spiro atoms. The molecule has 0 unspecified atom stereocenters. The van der Waals surface area contributed by atoms with Gasteiger partial charge in [-0.05, 0) is 43.3 Å². The van der Waals surface area contributed by atoms with Gasteiger partial charge in [-0.2, -0.15) is 0 Å². The van der Waals surface area contributed by atoms with Crippen molar-refractivity contribution in [3.8, 4) is 11.5 Å². The highest BCUT2D eigenvalue weighted by Gasteiger charge is 2.08. The average Bonchev–Trinajstić information content (AvgIpc) is 2.65. The van der Waals surface area contributed by atoms with Gasteiger partial charge in [0.25, 0.3) is 11.8 Å². The number of benzene rings is 2. The van der Waals surface area contributed by atoms with Gasteiger partial charge in [-0.25, -0.2) is 0 Å². The Morgan fingerprint density at radius 2 is 1.54 bits per heavy atom. The van der Waals surface area contributed by atoms with Gasteiger partial charge in [0.1, 0.15) is 0 Å². The Hall–Kier alpha value is -2.54. The second-order valence-electron chi connectivity index (χ2n) is 5.28. The summed E-state index contributed by atoms with van der Waals surface area (Å²) in [6, 6.07) is 14.2. The predicted octanol–water partition coefficient (Wildman–Crippen LogP) is 2.77. The largest absolute Gasteiger partial charge is 0.490 e. The van der Waals surface area contributed by atoms with Crippen molar-refractivity contribution < 1.29 is 19.1 Å². The Balaban J connectivity index is 1.68. The van der Waals surface area contributed by atoms with Crippen molar-refractivity contribution in [2.45, 2.75) is 6.92 Å². The van der Waals surface area contributed by atoms with Crippen LogP contribution in [0.25, 0.3) is 0 Å². The first-order chi connectivity index (χ1) is 12.6. The van der Waals surface area contributed by atoms with Crippen LogP contribution < -0.4 is 20.1 Å². The molecular weight excluding hydrogens is 400 g/mol. The first kappa shape index (κ1) is 19.8. The lowest BCUT2D eigenvalue weighted by molar-refractivity contribution is -0.123. The normalized spacial score (nSPS) is 10.1. The standard InChI is InChI=1S/C19H21BrN2O4/c1-2-25-16-5-3-4-6-17(16)26-13-18(23)21-11-12-22-19(24)14-7-9-15(20)10-8-14/h3-10H,2,11-13H2,1H3,(H,21,23)(H,22,24). The summed E-state index contributed by atoms with van der Waals surface area (Å²) in [5.74, 6) is 0.667. The van der Waals surface area contributed by atoms with E-state index in [4.69, 9.17) is 9.47 Å². The molecule has 0 aliphatic heterocycles. The van der Waals surface area contributed by atoms with Gasteiger partial charge < -0.3 is 20.1 Å². The average molecular weight is 421 g/mol. The van der Waals surface area contributed by atoms with Crippen LogP contribution in [0.3, 0.4) is 0 Å². The molecule has 0 fully saturated rings. The third-order valence-electron chi connectivity index (χ3n) is 3.35. The maximum Gasteiger partial charge on any atom is 0.258 e. The quantitative estimate of drug-likeness (QED) is 0.611. The number of nitrogens with one attached hydrogen (secondary N) is 2. The molecule has 6 nitrogen and oxygen atoms in total. The van der Waals surface area contributed by atoms with Gasteiger partial charge in [-0.15, -0.1) is 0 Å². The highest BCUT2D eigenvalue weighted by Crippen LogP contribution is 2.26. The molecule has 138 valence electrons. The van der Waals surface area contributed by atoms with Gasteiger partial charge in [-0.3, -0.25) is 9.59 Å². The monoisotopic (exact) mass is 420 g/mol. The van der Waals surface area contributed by atoms with Crippen LogP contribution in [0.15, 0.2) is 53.0 Å². The number of hydrogen-bond donors (Lipinski definition) is 2. The van der Waals surface area contributed by atoms with E-state index < -0.39 is 0 Å². The van der Waals surface area contributed by atoms with Crippen LogP contribution in [-0.4, -0.2) is 38.1 Å². The lowest BCUT2D eigenvalue weighted by atomic mass is 10.2. The molecule has 0 saturated heterocycles. The minimum atomic E-state index is -0.269. The number of carbonyl (C=O) groups is 2. The van der Waals surface area contributed by atoms with Crippen LogP contribution in [-0.2, 0) is 4.79 Å². The third-order valence-corrected chi connectivity index (χ3v) is 3.88. The third kappa shape index (κ3) is 6.40. The van der Waals surface area contributed by atoms with Crippen LogP contribution >= 0.6 is 15.9 Å². The molecule has 0 bridgehead atoms. The van der Waals surface area contributed by atoms with Gasteiger partial charge in [-0.1, -0.05) is 28.1 Å². The molecule has 2 amide bonds. The summed E-state index contributed by atoms with van der Waals surface area (Å²) >= 11 is 3.32. The summed E-state index contributed by atoms with van der Waals surface area (Å²) in [5.41, 5.74) is 0.565. The number of hydrogen-bond acceptors (Lipinski definition) is 4. The topological polar surface area (TPSA) is 76.7 Å². The van der Waals surface area contributed by atoms with Crippen LogP contribution in [0.1, 0.15) is 17.3 Å². The van der Waals surface area contributed by atoms with Crippen molar-refractivity contribution in [3.63, 3.8) is 0 Å². The van der Waals surface area contributed by atoms with Crippen molar-refractivity contribution in [2.75, 3.05) is 26.3 Å². The molecule has 0 heterocycles. The molecule has 7 heteroatoms. The zero-order valence-corrected chi connectivity index (χ0v) is 16.0. The molecule has 0 aliphatic carbocycles. The summed E-state index contributed by atoms with van der Waals surface area (Å²) in [7, 11) is 0. The molecule has 0 radical (unpaired) electrons. The van der Waals surface area contributed by atoms with Gasteiger partial charge >= 0.3 is 0 Å². The number of carbonyl (C=O) groups excluding carboxylic acids is 2. The highest BCUT2D eigenvalue weighted by molar-refractivity contribution is 9.10. The Morgan fingerprint density at radius 1 is 0.923 bits per heavy atom. The Bertz CT molecular complexity index is 735. The molecule has 0 atom stereocenters. The zero-order chi connectivity index (χ0) is 18.8. The SMILES string of the molecule is CCOc1ccccc1OCC(=O)NCCNC(=O)c1ccc(Br)cc1. The van der Waals surface area contributed by atoms with Crippen molar-refractivity contribution in [1.82, 2.24) is 10.6 Å². The van der Waals surface area contributed by atoms with Crippen molar-refractivity contribution >= 4 is 27.7 Å². The molecule has 0 aromatic heterocycles. The molecule has 2 aromatic carbocycles. The minimum absolute atomic E-state index is 0.120. The summed E-state index contributed by atoms with van der Waals surface area (Å²) in [5, 5.41) is 5.44. The van der Waals surface area contributed by atoms with Crippen molar-refractivity contribution in [2.24, 2.45) is 0 Å². The van der Waals surface area contributed by atoms with Crippen molar-refractivity contribution in [1.29, 1.82) is 0 Å². The molecule has 2 N–H and O–H groups in total. The fourth-order valence-electron chi connectivity index (χ4n) is 2.12. The summed E-state index contributed by atoms with van der Waals surface area (Å²) in [6.45, 7) is 2.93. The van der Waals surface area contributed by atoms with E-state index in [2.05, 4.69) is 26.6 Å². The van der Waals surface area contributed by atoms with E-state index in [0.29, 0.717) is 36.8 Å². The fourth-order valence-corrected chi connectivity index (χ4v) is 2.38. The van der Waals surface area contributed by atoms with Crippen LogP contribution in [0.2, 0.25) is 0 Å². The Kier molecular flexibility index (Phi) is 7.95. The molecular formula is C19H21BrN2O4. The second kappa shape index (κ2) is 10.5. The van der Waals surface area contributed by atoms with Crippen LogP contribution in [0.4, 0.5) is 0 Å².